The Morgan fingerprint density at radius 1 is 1.47 bits per heavy atom. The second-order valence-electron chi connectivity index (χ2n) is 3.71. The summed E-state index contributed by atoms with van der Waals surface area (Å²) in [6, 6.07) is 1.64. The van der Waals surface area contributed by atoms with Crippen LogP contribution in [0.5, 0.6) is 0 Å². The van der Waals surface area contributed by atoms with Crippen molar-refractivity contribution >= 4 is 22.9 Å². The van der Waals surface area contributed by atoms with E-state index in [0.29, 0.717) is 22.3 Å². The number of rotatable bonds is 1. The molecule has 2 heterocycles. The summed E-state index contributed by atoms with van der Waals surface area (Å²) in [4.78, 5) is 7.77. The van der Waals surface area contributed by atoms with E-state index in [2.05, 4.69) is 23.7 Å². The summed E-state index contributed by atoms with van der Waals surface area (Å²) in [7, 11) is 0. The van der Waals surface area contributed by atoms with Gasteiger partial charge in [-0.1, -0.05) is 25.4 Å². The molecule has 3 nitrogen and oxygen atoms in total. The number of imidazole rings is 1. The Kier molecular flexibility index (Phi) is 2.37. The molecule has 4 heteroatoms. The number of fused-ring (bicyclic) bond motifs is 1. The molecule has 0 aliphatic rings. The summed E-state index contributed by atoms with van der Waals surface area (Å²) in [6.45, 7) is 11.1. The van der Waals surface area contributed by atoms with Crippen LogP contribution in [0.25, 0.3) is 10.5 Å². The average Bonchev–Trinajstić information content (AvgIpc) is 2.61. The maximum atomic E-state index is 6.94. The molecule has 0 saturated heterocycles. The van der Waals surface area contributed by atoms with Crippen LogP contribution in [0.15, 0.2) is 18.5 Å². The van der Waals surface area contributed by atoms with Crippen molar-refractivity contribution in [1.29, 1.82) is 0 Å². The van der Waals surface area contributed by atoms with Crippen LogP contribution >= 0.6 is 11.6 Å². The smallest absolute Gasteiger partial charge is 0.205 e. The maximum absolute atomic E-state index is 6.94. The molecule has 0 saturated carbocycles. The maximum Gasteiger partial charge on any atom is 0.205 e. The van der Waals surface area contributed by atoms with E-state index >= 15 is 0 Å². The summed E-state index contributed by atoms with van der Waals surface area (Å²) in [5.41, 5.74) is 2.23. The van der Waals surface area contributed by atoms with Gasteiger partial charge in [0, 0.05) is 12.4 Å². The van der Waals surface area contributed by atoms with Crippen LogP contribution in [0.3, 0.4) is 0 Å². The van der Waals surface area contributed by atoms with E-state index in [-0.39, 0.29) is 0 Å². The standard InChI is InChI=1S/C11H10ClN3/c1-7(2)10-6-15-5-8(13-3)4-9(12)11(15)14-10/h4-7H,1-2H3. The largest absolute Gasteiger partial charge is 0.316 e. The summed E-state index contributed by atoms with van der Waals surface area (Å²) in [5, 5.41) is 0.524. The molecule has 0 atom stereocenters. The summed E-state index contributed by atoms with van der Waals surface area (Å²) < 4.78 is 1.81. The minimum absolute atomic E-state index is 0.359. The minimum atomic E-state index is 0.359. The highest BCUT2D eigenvalue weighted by atomic mass is 35.5. The Labute approximate surface area is 93.1 Å². The van der Waals surface area contributed by atoms with E-state index in [1.54, 1.807) is 12.3 Å². The molecule has 0 aliphatic carbocycles. The molecule has 2 rings (SSSR count). The van der Waals surface area contributed by atoms with Crippen LogP contribution in [0.2, 0.25) is 5.02 Å². The third kappa shape index (κ3) is 1.69. The van der Waals surface area contributed by atoms with Gasteiger partial charge in [-0.15, -0.1) is 0 Å². The van der Waals surface area contributed by atoms with Gasteiger partial charge in [0.2, 0.25) is 5.69 Å². The molecular weight excluding hydrogens is 210 g/mol. The monoisotopic (exact) mass is 219 g/mol. The second-order valence-corrected chi connectivity index (χ2v) is 4.12. The van der Waals surface area contributed by atoms with Crippen molar-refractivity contribution in [1.82, 2.24) is 9.38 Å². The lowest BCUT2D eigenvalue weighted by Crippen LogP contribution is -1.84. The fourth-order valence-electron chi connectivity index (χ4n) is 1.40. The highest BCUT2D eigenvalue weighted by molar-refractivity contribution is 6.33. The Bertz CT molecular complexity index is 549. The molecule has 0 aromatic carbocycles. The molecule has 2 aromatic rings. The van der Waals surface area contributed by atoms with Crippen molar-refractivity contribution in [2.75, 3.05) is 0 Å². The highest BCUT2D eigenvalue weighted by Crippen LogP contribution is 2.25. The molecule has 0 radical (unpaired) electrons. The summed E-state index contributed by atoms with van der Waals surface area (Å²) >= 11 is 6.03. The van der Waals surface area contributed by atoms with E-state index in [9.17, 15) is 0 Å². The van der Waals surface area contributed by atoms with Crippen LogP contribution in [-0.2, 0) is 0 Å². The molecule has 76 valence electrons. The first-order valence-electron chi connectivity index (χ1n) is 4.67. The molecule has 0 unspecified atom stereocenters. The molecule has 0 spiro atoms. The fraction of sp³-hybridized carbons (Fsp3) is 0.273. The molecule has 0 amide bonds. The van der Waals surface area contributed by atoms with E-state index in [0.717, 1.165) is 5.69 Å². The van der Waals surface area contributed by atoms with Gasteiger partial charge in [-0.25, -0.2) is 9.83 Å². The van der Waals surface area contributed by atoms with Gasteiger partial charge in [-0.3, -0.25) is 0 Å². The minimum Gasteiger partial charge on any atom is -0.316 e. The number of hydrogen-bond donors (Lipinski definition) is 0. The summed E-state index contributed by atoms with van der Waals surface area (Å²) in [5.74, 6) is 0.359. The van der Waals surface area contributed by atoms with Crippen molar-refractivity contribution in [3.05, 3.63) is 40.6 Å². The van der Waals surface area contributed by atoms with Crippen molar-refractivity contribution in [2.24, 2.45) is 0 Å². The fourth-order valence-corrected chi connectivity index (χ4v) is 1.65. The zero-order valence-electron chi connectivity index (χ0n) is 8.53. The van der Waals surface area contributed by atoms with Crippen LogP contribution < -0.4 is 0 Å². The Balaban J connectivity index is 2.71. The first kappa shape index (κ1) is 10.0. The van der Waals surface area contributed by atoms with Crippen molar-refractivity contribution in [2.45, 2.75) is 19.8 Å². The van der Waals surface area contributed by atoms with Gasteiger partial charge in [0.15, 0.2) is 5.65 Å². The van der Waals surface area contributed by atoms with Gasteiger partial charge in [0.25, 0.3) is 0 Å². The van der Waals surface area contributed by atoms with E-state index in [1.165, 1.54) is 0 Å². The molecule has 0 N–H and O–H groups in total. The lowest BCUT2D eigenvalue weighted by Gasteiger charge is -1.96. The summed E-state index contributed by atoms with van der Waals surface area (Å²) in [6.07, 6.45) is 3.66. The number of hydrogen-bond acceptors (Lipinski definition) is 1. The lowest BCUT2D eigenvalue weighted by molar-refractivity contribution is 0.834. The molecule has 0 aliphatic heterocycles. The van der Waals surface area contributed by atoms with Crippen LogP contribution in [0, 0.1) is 6.57 Å². The third-order valence-corrected chi connectivity index (χ3v) is 2.51. The SMILES string of the molecule is [C-]#[N+]c1cc(Cl)c2nc(C(C)C)cn2c1. The zero-order valence-corrected chi connectivity index (χ0v) is 9.28. The third-order valence-electron chi connectivity index (χ3n) is 2.23. The van der Waals surface area contributed by atoms with Gasteiger partial charge < -0.3 is 4.40 Å². The molecule has 15 heavy (non-hydrogen) atoms. The zero-order chi connectivity index (χ0) is 11.0. The number of aromatic nitrogens is 2. The molecular formula is C11H10ClN3. The number of pyridine rings is 1. The van der Waals surface area contributed by atoms with Gasteiger partial charge in [0.05, 0.1) is 17.3 Å². The van der Waals surface area contributed by atoms with E-state index in [4.69, 9.17) is 18.2 Å². The lowest BCUT2D eigenvalue weighted by atomic mass is 10.2. The highest BCUT2D eigenvalue weighted by Gasteiger charge is 2.09. The van der Waals surface area contributed by atoms with Gasteiger partial charge in [0.1, 0.15) is 0 Å². The quantitative estimate of drug-likeness (QED) is 0.671. The second kappa shape index (κ2) is 3.56. The Hall–Kier alpha value is -1.53. The number of halogens is 1. The predicted molar refractivity (Wildman–Crippen MR) is 60.6 cm³/mol. The van der Waals surface area contributed by atoms with E-state index in [1.807, 2.05) is 10.6 Å². The average molecular weight is 220 g/mol. The predicted octanol–water partition coefficient (Wildman–Crippen LogP) is 3.66. The Morgan fingerprint density at radius 3 is 2.80 bits per heavy atom. The first-order chi connectivity index (χ1) is 7.11. The normalized spacial score (nSPS) is 10.9. The van der Waals surface area contributed by atoms with Crippen LogP contribution in [-0.4, -0.2) is 9.38 Å². The topological polar surface area (TPSA) is 21.7 Å². The van der Waals surface area contributed by atoms with Crippen LogP contribution in [0.1, 0.15) is 25.5 Å². The first-order valence-corrected chi connectivity index (χ1v) is 5.05. The van der Waals surface area contributed by atoms with Crippen molar-refractivity contribution in [3.8, 4) is 0 Å². The number of nitrogens with zero attached hydrogens (tertiary/aromatic N) is 3. The van der Waals surface area contributed by atoms with Gasteiger partial charge in [-0.2, -0.15) is 0 Å². The Morgan fingerprint density at radius 2 is 2.20 bits per heavy atom. The van der Waals surface area contributed by atoms with Gasteiger partial charge >= 0.3 is 0 Å². The van der Waals surface area contributed by atoms with Crippen molar-refractivity contribution < 1.29 is 0 Å². The van der Waals surface area contributed by atoms with E-state index < -0.39 is 0 Å². The molecule has 0 bridgehead atoms. The van der Waals surface area contributed by atoms with Gasteiger partial charge in [-0.05, 0) is 12.0 Å². The molecule has 0 fully saturated rings. The van der Waals surface area contributed by atoms with Crippen LogP contribution in [0.4, 0.5) is 5.69 Å². The molecule has 2 aromatic heterocycles. The van der Waals surface area contributed by atoms with Crippen molar-refractivity contribution in [3.63, 3.8) is 0 Å².